The number of rotatable bonds is 12. The van der Waals surface area contributed by atoms with Crippen LogP contribution in [0.25, 0.3) is 0 Å². The number of amides is 1. The van der Waals surface area contributed by atoms with Crippen LogP contribution >= 0.6 is 7.82 Å². The van der Waals surface area contributed by atoms with Gasteiger partial charge in [-0.3, -0.25) is 32.7 Å². The highest BCUT2D eigenvalue weighted by atomic mass is 31.2. The molecule has 4 rings (SSSR count). The van der Waals surface area contributed by atoms with Gasteiger partial charge in [-0.25, -0.2) is 9.36 Å². The SMILES string of the molecule is CCOP(=O)(OCC)O[C@@H]1CCC(C[C@@H](C)C2CC(=O)[C@H](C)/C=C(\C)[C@@H](O)[C@@H](OC)C(=O)[C@H](C)C[C@H](C)/C=C/C=C/C=C(\C)[C@@H](OC)C[C@@H]3CC[C@@H](C)[C@@](O)(O3)C(=O)C(=O)N3CCCCC3C(=O)O2)C[C@H]1OC. The normalized spacial score (nSPS) is 37.5. The molecule has 4 aliphatic rings. The lowest BCUT2D eigenvalue weighted by Gasteiger charge is -2.42. The first-order chi connectivity index (χ1) is 34.6. The van der Waals surface area contributed by atoms with Gasteiger partial charge in [0, 0.05) is 58.5 Å². The van der Waals surface area contributed by atoms with Crippen LogP contribution in [-0.2, 0) is 65.8 Å². The molecule has 1 amide bonds. The predicted octanol–water partition coefficient (Wildman–Crippen LogP) is 8.39. The Bertz CT molecular complexity index is 2010. The third-order valence-corrected chi connectivity index (χ3v) is 17.0. The largest absolute Gasteiger partial charge is 0.475 e. The molecule has 3 heterocycles. The number of aliphatic hydroxyl groups excluding tert-OH is 1. The number of ether oxygens (including phenoxy) is 5. The maximum atomic E-state index is 14.6. The first-order valence-corrected chi connectivity index (χ1v) is 28.1. The smallest absolute Gasteiger partial charge is 0.460 e. The third-order valence-electron chi connectivity index (χ3n) is 15.3. The molecule has 2 bridgehead atoms. The van der Waals surface area contributed by atoms with E-state index in [1.807, 2.05) is 51.2 Å². The second-order valence-corrected chi connectivity index (χ2v) is 22.6. The standard InChI is InChI=1S/C55H88NO16P/c1-13-68-73(64,69-14-2)72-45-26-24-41(31-48(45)66-11)30-37(6)47-33-44(57)36(5)29-39(8)50(59)51(67-12)49(58)38(7)28-34(3)20-16-15-17-21-35(4)46(65-10)32-42-25-23-40(9)55(63,71-42)52(60)53(61)56-27-19-18-22-43(56)54(62)70-47/h15-17,20-21,29,34,36-38,40-43,45-48,50-51,59,63H,13-14,18-19,22-28,30-33H2,1-12H3/b17-15+,20-16+,35-21+,39-29+/t34-,36-,37-,38-,40-,41?,42+,43?,45-,46+,47?,48-,50-,51+,55-/m1/s1. The van der Waals surface area contributed by atoms with Crippen LogP contribution in [0.3, 0.4) is 0 Å². The number of piperidine rings is 1. The fraction of sp³-hybridized carbons (Fsp3) is 0.764. The summed E-state index contributed by atoms with van der Waals surface area (Å²) in [6.45, 7) is 16.3. The number of hydrogen-bond donors (Lipinski definition) is 2. The zero-order valence-electron chi connectivity index (χ0n) is 45.7. The van der Waals surface area contributed by atoms with Crippen LogP contribution < -0.4 is 0 Å². The van der Waals surface area contributed by atoms with Crippen molar-refractivity contribution >= 4 is 37.0 Å². The molecular weight excluding hydrogens is 962 g/mol. The zero-order valence-corrected chi connectivity index (χ0v) is 46.6. The summed E-state index contributed by atoms with van der Waals surface area (Å²) in [7, 11) is 0.650. The number of cyclic esters (lactones) is 1. The van der Waals surface area contributed by atoms with Gasteiger partial charge in [0.05, 0.1) is 37.6 Å². The fourth-order valence-electron chi connectivity index (χ4n) is 10.8. The van der Waals surface area contributed by atoms with E-state index in [9.17, 15) is 38.8 Å². The van der Waals surface area contributed by atoms with Crippen molar-refractivity contribution in [3.63, 3.8) is 0 Å². The van der Waals surface area contributed by atoms with Gasteiger partial charge in [-0.15, -0.1) is 0 Å². The first-order valence-electron chi connectivity index (χ1n) is 26.6. The van der Waals surface area contributed by atoms with Crippen molar-refractivity contribution < 1.29 is 76.0 Å². The average molecular weight is 1050 g/mol. The van der Waals surface area contributed by atoms with Gasteiger partial charge >= 0.3 is 13.8 Å². The van der Waals surface area contributed by atoms with E-state index in [1.54, 1.807) is 61.8 Å². The first kappa shape index (κ1) is 62.3. The number of carbonyl (C=O) groups is 5. The second kappa shape index (κ2) is 29.3. The molecule has 3 aliphatic heterocycles. The van der Waals surface area contributed by atoms with E-state index in [2.05, 4.69) is 0 Å². The Kier molecular flexibility index (Phi) is 25.0. The van der Waals surface area contributed by atoms with Crippen LogP contribution in [0.5, 0.6) is 0 Å². The van der Waals surface area contributed by atoms with Crippen LogP contribution in [0.15, 0.2) is 47.6 Å². The minimum atomic E-state index is -3.84. The molecule has 15 atom stereocenters. The minimum absolute atomic E-state index is 0.00167. The van der Waals surface area contributed by atoms with Gasteiger partial charge < -0.3 is 38.8 Å². The van der Waals surface area contributed by atoms with E-state index in [0.29, 0.717) is 69.8 Å². The number of phosphoric acid groups is 1. The number of hydrogen-bond acceptors (Lipinski definition) is 16. The van der Waals surface area contributed by atoms with Gasteiger partial charge in [0.2, 0.25) is 5.79 Å². The van der Waals surface area contributed by atoms with Gasteiger partial charge in [-0.05, 0) is 121 Å². The number of aliphatic hydroxyl groups is 2. The number of allylic oxidation sites excluding steroid dienone is 6. The molecule has 414 valence electrons. The number of carbonyl (C=O) groups excluding carboxylic acids is 5. The van der Waals surface area contributed by atoms with Crippen LogP contribution in [0.2, 0.25) is 0 Å². The van der Waals surface area contributed by atoms with E-state index >= 15 is 0 Å². The summed E-state index contributed by atoms with van der Waals surface area (Å²) in [5.41, 5.74) is 1.23. The summed E-state index contributed by atoms with van der Waals surface area (Å²) in [6.07, 6.45) is 10.3. The van der Waals surface area contributed by atoms with Crippen molar-refractivity contribution in [2.24, 2.45) is 35.5 Å². The number of fused-ring (bicyclic) bond motifs is 3. The molecular formula is C55H88NO16P. The molecule has 1 aliphatic carbocycles. The Morgan fingerprint density at radius 3 is 2.18 bits per heavy atom. The monoisotopic (exact) mass is 1050 g/mol. The van der Waals surface area contributed by atoms with E-state index in [4.69, 9.17) is 37.3 Å². The predicted molar refractivity (Wildman–Crippen MR) is 275 cm³/mol. The maximum Gasteiger partial charge on any atom is 0.475 e. The maximum absolute atomic E-state index is 14.6. The lowest BCUT2D eigenvalue weighted by molar-refractivity contribution is -0.265. The number of esters is 1. The molecule has 17 nitrogen and oxygen atoms in total. The number of phosphoric ester groups is 1. The number of nitrogens with zero attached hydrogens (tertiary/aromatic N) is 1. The lowest BCUT2D eigenvalue weighted by atomic mass is 9.78. The number of ketones is 3. The molecule has 2 saturated heterocycles. The van der Waals surface area contributed by atoms with E-state index in [1.165, 1.54) is 12.0 Å². The van der Waals surface area contributed by atoms with Gasteiger partial charge in [-0.1, -0.05) is 71.1 Å². The van der Waals surface area contributed by atoms with Crippen molar-refractivity contribution in [1.29, 1.82) is 0 Å². The summed E-state index contributed by atoms with van der Waals surface area (Å²) in [5, 5.41) is 23.5. The van der Waals surface area contributed by atoms with Crippen LogP contribution in [0.4, 0.5) is 0 Å². The van der Waals surface area contributed by atoms with Crippen molar-refractivity contribution in [3.05, 3.63) is 47.6 Å². The quantitative estimate of drug-likeness (QED) is 0.0811. The summed E-state index contributed by atoms with van der Waals surface area (Å²) in [6, 6.07) is -1.18. The van der Waals surface area contributed by atoms with Gasteiger partial charge in [-0.2, -0.15) is 0 Å². The van der Waals surface area contributed by atoms with Gasteiger partial charge in [0.15, 0.2) is 5.78 Å². The Morgan fingerprint density at radius 2 is 1.53 bits per heavy atom. The highest BCUT2D eigenvalue weighted by molar-refractivity contribution is 7.48. The Balaban J connectivity index is 1.70. The number of methoxy groups -OCH3 is 3. The Hall–Kier alpha value is -3.22. The molecule has 2 N–H and O–H groups in total. The highest BCUT2D eigenvalue weighted by Gasteiger charge is 2.53. The topological polar surface area (TPSA) is 220 Å². The third kappa shape index (κ3) is 17.1. The molecule has 0 aromatic carbocycles. The van der Waals surface area contributed by atoms with Crippen LogP contribution in [0, 0.1) is 35.5 Å². The molecule has 73 heavy (non-hydrogen) atoms. The second-order valence-electron chi connectivity index (χ2n) is 20.9. The van der Waals surface area contributed by atoms with Crippen molar-refractivity contribution in [2.45, 2.75) is 194 Å². The fourth-order valence-corrected chi connectivity index (χ4v) is 12.2. The van der Waals surface area contributed by atoms with Gasteiger partial charge in [0.1, 0.15) is 30.1 Å². The van der Waals surface area contributed by atoms with Crippen molar-refractivity contribution in [3.8, 4) is 0 Å². The molecule has 18 heteroatoms. The van der Waals surface area contributed by atoms with Crippen molar-refractivity contribution in [2.75, 3.05) is 41.1 Å². The molecule has 0 aromatic heterocycles. The van der Waals surface area contributed by atoms with Crippen LogP contribution in [0.1, 0.15) is 139 Å². The van der Waals surface area contributed by atoms with E-state index < -0.39 is 104 Å². The zero-order chi connectivity index (χ0) is 54.2. The lowest BCUT2D eigenvalue weighted by Crippen LogP contribution is -2.61. The van der Waals surface area contributed by atoms with Crippen LogP contribution in [-0.4, -0.2) is 140 Å². The average Bonchev–Trinajstić information content (AvgIpc) is 3.35. The summed E-state index contributed by atoms with van der Waals surface area (Å²) in [4.78, 5) is 72.5. The molecule has 1 saturated carbocycles. The molecule has 3 fully saturated rings. The molecule has 0 aromatic rings. The summed E-state index contributed by atoms with van der Waals surface area (Å²) >= 11 is 0. The molecule has 0 radical (unpaired) electrons. The molecule has 3 unspecified atom stereocenters. The highest BCUT2D eigenvalue weighted by Crippen LogP contribution is 2.53. The Labute approximate surface area is 434 Å². The minimum Gasteiger partial charge on any atom is -0.460 e. The van der Waals surface area contributed by atoms with Gasteiger partial charge in [0.25, 0.3) is 11.7 Å². The van der Waals surface area contributed by atoms with E-state index in [0.717, 1.165) is 5.57 Å². The Morgan fingerprint density at radius 1 is 0.836 bits per heavy atom. The number of Topliss-reactive ketones (excluding diaryl/α,β-unsaturated/α-hetero) is 3. The molecule has 0 spiro atoms. The van der Waals surface area contributed by atoms with Crippen molar-refractivity contribution in [1.82, 2.24) is 4.90 Å². The summed E-state index contributed by atoms with van der Waals surface area (Å²) < 4.78 is 59.9. The summed E-state index contributed by atoms with van der Waals surface area (Å²) in [5.74, 6) is -8.40. The van der Waals surface area contributed by atoms with E-state index in [-0.39, 0.29) is 56.0 Å².